The molecule has 0 fully saturated rings. The van der Waals surface area contributed by atoms with Crippen molar-refractivity contribution in [1.29, 1.82) is 0 Å². The average molecular weight is 289 g/mol. The van der Waals surface area contributed by atoms with Crippen LogP contribution in [0.15, 0.2) is 42.5 Å². The lowest BCUT2D eigenvalue weighted by molar-refractivity contribution is 0.0939. The number of ketones is 1. The number of halogens is 1. The zero-order valence-corrected chi connectivity index (χ0v) is 12.6. The molecule has 2 aromatic carbocycles. The molecule has 2 aromatic rings. The number of carbonyl (C=O) groups is 1. The van der Waals surface area contributed by atoms with E-state index in [9.17, 15) is 4.79 Å². The Morgan fingerprint density at radius 3 is 2.15 bits per heavy atom. The molecule has 0 aliphatic heterocycles. The minimum absolute atomic E-state index is 0.0562. The summed E-state index contributed by atoms with van der Waals surface area (Å²) in [5.41, 5.74) is 2.60. The average Bonchev–Trinajstić information content (AvgIpc) is 2.46. The zero-order chi connectivity index (χ0) is 14.7. The molecule has 104 valence electrons. The van der Waals surface area contributed by atoms with E-state index in [-0.39, 0.29) is 11.7 Å². The minimum atomic E-state index is -0.0562. The maximum atomic E-state index is 12.0. The number of rotatable bonds is 4. The Balaban J connectivity index is 2.35. The molecule has 2 nitrogen and oxygen atoms in total. The highest BCUT2D eigenvalue weighted by Gasteiger charge is 2.14. The zero-order valence-electron chi connectivity index (χ0n) is 11.8. The van der Waals surface area contributed by atoms with E-state index in [1.54, 1.807) is 13.2 Å². The molecule has 0 aromatic heterocycles. The fourth-order valence-electron chi connectivity index (χ4n) is 1.99. The molecular formula is C17H17ClO2. The fourth-order valence-corrected chi connectivity index (χ4v) is 2.26. The lowest BCUT2D eigenvalue weighted by Gasteiger charge is -2.09. The summed E-state index contributed by atoms with van der Waals surface area (Å²) in [5, 5.41) is 0.497. The molecule has 0 spiro atoms. The van der Waals surface area contributed by atoms with Crippen LogP contribution >= 0.6 is 11.6 Å². The summed E-state index contributed by atoms with van der Waals surface area (Å²) in [7, 11) is 1.64. The van der Waals surface area contributed by atoms with Crippen LogP contribution in [0.2, 0.25) is 5.02 Å². The van der Waals surface area contributed by atoms with Crippen molar-refractivity contribution in [1.82, 2.24) is 0 Å². The van der Waals surface area contributed by atoms with Crippen LogP contribution in [0.1, 0.15) is 24.2 Å². The summed E-state index contributed by atoms with van der Waals surface area (Å²) < 4.78 is 5.13. The van der Waals surface area contributed by atoms with Gasteiger partial charge in [-0.05, 0) is 35.4 Å². The minimum Gasteiger partial charge on any atom is -0.497 e. The van der Waals surface area contributed by atoms with E-state index in [0.29, 0.717) is 10.6 Å². The monoisotopic (exact) mass is 288 g/mol. The molecule has 0 aliphatic carbocycles. The lowest BCUT2D eigenvalue weighted by Crippen LogP contribution is -2.07. The summed E-state index contributed by atoms with van der Waals surface area (Å²) in [6, 6.07) is 13.3. The largest absolute Gasteiger partial charge is 0.497 e. The molecule has 0 bridgehead atoms. The first-order valence-electron chi connectivity index (χ1n) is 6.51. The molecule has 0 heterocycles. The second kappa shape index (κ2) is 6.10. The van der Waals surface area contributed by atoms with Gasteiger partial charge in [0, 0.05) is 11.5 Å². The topological polar surface area (TPSA) is 26.3 Å². The molecular weight excluding hydrogens is 272 g/mol. The first-order valence-corrected chi connectivity index (χ1v) is 6.89. The van der Waals surface area contributed by atoms with Gasteiger partial charge in [0.15, 0.2) is 5.78 Å². The van der Waals surface area contributed by atoms with Crippen molar-refractivity contribution in [2.45, 2.75) is 13.8 Å². The van der Waals surface area contributed by atoms with Gasteiger partial charge < -0.3 is 4.74 Å². The standard InChI is InChI=1S/C17H17ClO2/c1-11(2)17(19)15-9-6-13(10-16(15)18)12-4-7-14(20-3)8-5-12/h4-11H,1-3H3. The van der Waals surface area contributed by atoms with E-state index in [1.165, 1.54) is 0 Å². The molecule has 0 saturated carbocycles. The lowest BCUT2D eigenvalue weighted by atomic mass is 9.98. The molecule has 0 aliphatic rings. The number of methoxy groups -OCH3 is 1. The van der Waals surface area contributed by atoms with Gasteiger partial charge in [0.25, 0.3) is 0 Å². The Morgan fingerprint density at radius 1 is 1.05 bits per heavy atom. The maximum absolute atomic E-state index is 12.0. The van der Waals surface area contributed by atoms with Crippen LogP contribution in [0.4, 0.5) is 0 Å². The first-order chi connectivity index (χ1) is 9.52. The number of hydrogen-bond acceptors (Lipinski definition) is 2. The van der Waals surface area contributed by atoms with Crippen molar-refractivity contribution in [3.63, 3.8) is 0 Å². The van der Waals surface area contributed by atoms with Gasteiger partial charge in [0.2, 0.25) is 0 Å². The summed E-state index contributed by atoms with van der Waals surface area (Å²) in [5.74, 6) is 0.821. The fraction of sp³-hybridized carbons (Fsp3) is 0.235. The number of carbonyl (C=O) groups excluding carboxylic acids is 1. The highest BCUT2D eigenvalue weighted by atomic mass is 35.5. The second-order valence-corrected chi connectivity index (χ2v) is 5.35. The van der Waals surface area contributed by atoms with Crippen molar-refractivity contribution in [2.24, 2.45) is 5.92 Å². The molecule has 0 amide bonds. The van der Waals surface area contributed by atoms with Gasteiger partial charge in [-0.15, -0.1) is 0 Å². The van der Waals surface area contributed by atoms with Crippen molar-refractivity contribution in [2.75, 3.05) is 7.11 Å². The number of Topliss-reactive ketones (excluding diaryl/α,β-unsaturated/α-hetero) is 1. The van der Waals surface area contributed by atoms with E-state index < -0.39 is 0 Å². The van der Waals surface area contributed by atoms with Crippen molar-refractivity contribution >= 4 is 17.4 Å². The van der Waals surface area contributed by atoms with Crippen molar-refractivity contribution < 1.29 is 9.53 Å². The normalized spacial score (nSPS) is 10.7. The molecule has 0 atom stereocenters. The van der Waals surface area contributed by atoms with Gasteiger partial charge in [0.1, 0.15) is 5.75 Å². The molecule has 0 radical (unpaired) electrons. The van der Waals surface area contributed by atoms with Crippen LogP contribution in [0.5, 0.6) is 5.75 Å². The first kappa shape index (κ1) is 14.6. The molecule has 3 heteroatoms. The van der Waals surface area contributed by atoms with Crippen LogP contribution in [-0.2, 0) is 0 Å². The summed E-state index contributed by atoms with van der Waals surface area (Å²) in [6.45, 7) is 3.74. The quantitative estimate of drug-likeness (QED) is 0.751. The summed E-state index contributed by atoms with van der Waals surface area (Å²) in [6.07, 6.45) is 0. The third kappa shape index (κ3) is 3.02. The van der Waals surface area contributed by atoms with E-state index >= 15 is 0 Å². The Hall–Kier alpha value is -1.80. The van der Waals surface area contributed by atoms with E-state index in [1.807, 2.05) is 50.2 Å². The Labute approximate surface area is 124 Å². The van der Waals surface area contributed by atoms with Crippen LogP contribution < -0.4 is 4.74 Å². The smallest absolute Gasteiger partial charge is 0.166 e. The van der Waals surface area contributed by atoms with Crippen molar-refractivity contribution in [3.8, 4) is 16.9 Å². The maximum Gasteiger partial charge on any atom is 0.166 e. The molecule has 20 heavy (non-hydrogen) atoms. The van der Waals surface area contributed by atoms with Crippen LogP contribution in [0.3, 0.4) is 0 Å². The highest BCUT2D eigenvalue weighted by Crippen LogP contribution is 2.28. The van der Waals surface area contributed by atoms with Gasteiger partial charge in [-0.25, -0.2) is 0 Å². The van der Waals surface area contributed by atoms with Crippen LogP contribution in [-0.4, -0.2) is 12.9 Å². The third-order valence-corrected chi connectivity index (χ3v) is 3.49. The van der Waals surface area contributed by atoms with Crippen LogP contribution in [0, 0.1) is 5.92 Å². The number of ether oxygens (including phenoxy) is 1. The number of hydrogen-bond donors (Lipinski definition) is 0. The summed E-state index contributed by atoms with van der Waals surface area (Å²) >= 11 is 6.23. The molecule has 0 saturated heterocycles. The van der Waals surface area contributed by atoms with E-state index in [4.69, 9.17) is 16.3 Å². The van der Waals surface area contributed by atoms with E-state index in [0.717, 1.165) is 16.9 Å². The van der Waals surface area contributed by atoms with Crippen LogP contribution in [0.25, 0.3) is 11.1 Å². The highest BCUT2D eigenvalue weighted by molar-refractivity contribution is 6.34. The summed E-state index contributed by atoms with van der Waals surface area (Å²) in [4.78, 5) is 12.0. The second-order valence-electron chi connectivity index (χ2n) is 4.94. The van der Waals surface area contributed by atoms with Gasteiger partial charge in [-0.2, -0.15) is 0 Å². The Morgan fingerprint density at radius 2 is 1.65 bits per heavy atom. The third-order valence-electron chi connectivity index (χ3n) is 3.18. The van der Waals surface area contributed by atoms with Gasteiger partial charge >= 0.3 is 0 Å². The Kier molecular flexibility index (Phi) is 4.46. The van der Waals surface area contributed by atoms with Gasteiger partial charge in [0.05, 0.1) is 12.1 Å². The molecule has 0 N–H and O–H groups in total. The van der Waals surface area contributed by atoms with Gasteiger partial charge in [-0.3, -0.25) is 4.79 Å². The number of benzene rings is 2. The Bertz CT molecular complexity index is 615. The molecule has 2 rings (SSSR count). The van der Waals surface area contributed by atoms with E-state index in [2.05, 4.69) is 0 Å². The van der Waals surface area contributed by atoms with Gasteiger partial charge in [-0.1, -0.05) is 43.6 Å². The predicted octanol–water partition coefficient (Wildman–Crippen LogP) is 4.85. The SMILES string of the molecule is COc1ccc(-c2ccc(C(=O)C(C)C)c(Cl)c2)cc1. The van der Waals surface area contributed by atoms with Crippen molar-refractivity contribution in [3.05, 3.63) is 53.1 Å². The predicted molar refractivity (Wildman–Crippen MR) is 82.6 cm³/mol. The molecule has 0 unspecified atom stereocenters.